The van der Waals surface area contributed by atoms with Crippen molar-refractivity contribution in [2.45, 2.75) is 13.1 Å². The third-order valence-corrected chi connectivity index (χ3v) is 4.97. The first-order valence-electron chi connectivity index (χ1n) is 10.1. The van der Waals surface area contributed by atoms with Gasteiger partial charge in [-0.1, -0.05) is 0 Å². The summed E-state index contributed by atoms with van der Waals surface area (Å²) in [6.07, 6.45) is -0.901. The Morgan fingerprint density at radius 3 is 2.58 bits per heavy atom. The van der Waals surface area contributed by atoms with Gasteiger partial charge in [0.25, 0.3) is 0 Å². The Morgan fingerprint density at radius 1 is 1.17 bits per heavy atom. The number of hydrogen-bond donors (Lipinski definition) is 2. The van der Waals surface area contributed by atoms with Gasteiger partial charge in [0.1, 0.15) is 5.75 Å². The van der Waals surface area contributed by atoms with Crippen LogP contribution >= 0.6 is 0 Å². The van der Waals surface area contributed by atoms with Gasteiger partial charge in [0.2, 0.25) is 5.95 Å². The summed E-state index contributed by atoms with van der Waals surface area (Å²) < 4.78 is 46.2. The maximum absolute atomic E-state index is 13.3. The van der Waals surface area contributed by atoms with Crippen LogP contribution in [-0.2, 0) is 6.18 Å². The number of methoxy groups -OCH3 is 1. The summed E-state index contributed by atoms with van der Waals surface area (Å²) in [6, 6.07) is 8.79. The van der Waals surface area contributed by atoms with E-state index in [2.05, 4.69) is 25.4 Å². The highest BCUT2D eigenvalue weighted by Crippen LogP contribution is 2.32. The molecule has 0 atom stereocenters. The molecular weight excluding hydrogens is 479 g/mol. The quantitative estimate of drug-likeness (QED) is 0.399. The molecule has 0 saturated heterocycles. The van der Waals surface area contributed by atoms with Crippen LogP contribution in [0.4, 0.5) is 24.8 Å². The summed E-state index contributed by atoms with van der Waals surface area (Å²) in [5, 5.41) is 25.1. The molecule has 0 radical (unpaired) electrons. The van der Waals surface area contributed by atoms with Crippen LogP contribution in [0.25, 0.3) is 16.9 Å². The highest BCUT2D eigenvalue weighted by molar-refractivity contribution is 5.89. The van der Waals surface area contributed by atoms with Crippen molar-refractivity contribution in [1.82, 2.24) is 24.7 Å². The number of pyridine rings is 1. The van der Waals surface area contributed by atoms with Crippen LogP contribution in [0.1, 0.15) is 27.3 Å². The fourth-order valence-electron chi connectivity index (χ4n) is 3.31. The number of benzene rings is 1. The molecular formula is C23H16F3N7O3. The molecule has 0 bridgehead atoms. The number of alkyl halides is 3. The highest BCUT2D eigenvalue weighted by atomic mass is 19.4. The van der Waals surface area contributed by atoms with Crippen molar-refractivity contribution in [3.63, 3.8) is 0 Å². The Kier molecular flexibility index (Phi) is 6.26. The van der Waals surface area contributed by atoms with E-state index in [-0.39, 0.29) is 34.2 Å². The van der Waals surface area contributed by atoms with Crippen molar-refractivity contribution in [1.29, 1.82) is 5.26 Å². The van der Waals surface area contributed by atoms with Gasteiger partial charge >= 0.3 is 12.1 Å². The number of nitriles is 1. The number of aromatic carboxylic acids is 1. The standard InChI is InChI=1S/C23H16F3N7O3/c1-12-3-19(23(24,25)26)32-33(12)20-18(14-6-15(21(34)35)10-28-9-14)11-29-22(31-20)30-16-4-13(8-27)5-17(7-16)36-2/h3-7,9-11H,1-2H3,(H,34,35)(H,29,30,31). The van der Waals surface area contributed by atoms with Crippen LogP contribution in [0.2, 0.25) is 0 Å². The maximum atomic E-state index is 13.3. The van der Waals surface area contributed by atoms with Crippen LogP contribution in [0.15, 0.2) is 48.9 Å². The molecule has 0 fully saturated rings. The topological polar surface area (TPSA) is 139 Å². The Bertz CT molecular complexity index is 1510. The number of carboxylic acids is 1. The van der Waals surface area contributed by atoms with Gasteiger partial charge in [-0.3, -0.25) is 4.98 Å². The van der Waals surface area contributed by atoms with E-state index < -0.39 is 17.8 Å². The van der Waals surface area contributed by atoms with E-state index >= 15 is 0 Å². The molecule has 36 heavy (non-hydrogen) atoms. The SMILES string of the molecule is COc1cc(C#N)cc(Nc2ncc(-c3cncc(C(=O)O)c3)c(-n3nc(C(F)(F)F)cc3C)n2)c1. The minimum atomic E-state index is -4.69. The van der Waals surface area contributed by atoms with Gasteiger partial charge in [-0.2, -0.15) is 28.5 Å². The van der Waals surface area contributed by atoms with E-state index in [1.807, 2.05) is 6.07 Å². The van der Waals surface area contributed by atoms with Crippen LogP contribution in [0, 0.1) is 18.3 Å². The average molecular weight is 495 g/mol. The van der Waals surface area contributed by atoms with E-state index in [9.17, 15) is 28.3 Å². The lowest BCUT2D eigenvalue weighted by atomic mass is 10.1. The van der Waals surface area contributed by atoms with Gasteiger partial charge < -0.3 is 15.2 Å². The lowest BCUT2D eigenvalue weighted by Crippen LogP contribution is -2.11. The summed E-state index contributed by atoms with van der Waals surface area (Å²) in [5.74, 6) is -0.904. The third kappa shape index (κ3) is 4.92. The van der Waals surface area contributed by atoms with Gasteiger partial charge in [-0.15, -0.1) is 0 Å². The second-order valence-electron chi connectivity index (χ2n) is 7.47. The summed E-state index contributed by atoms with van der Waals surface area (Å²) in [5.41, 5.74) is 0.0173. The van der Waals surface area contributed by atoms with E-state index in [1.54, 1.807) is 6.07 Å². The number of rotatable bonds is 6. The van der Waals surface area contributed by atoms with Gasteiger partial charge in [-0.05, 0) is 31.2 Å². The average Bonchev–Trinajstić information content (AvgIpc) is 3.25. The van der Waals surface area contributed by atoms with Crippen molar-refractivity contribution < 1.29 is 27.8 Å². The van der Waals surface area contributed by atoms with Crippen molar-refractivity contribution in [2.75, 3.05) is 12.4 Å². The van der Waals surface area contributed by atoms with E-state index in [0.29, 0.717) is 17.0 Å². The lowest BCUT2D eigenvalue weighted by molar-refractivity contribution is -0.141. The minimum Gasteiger partial charge on any atom is -0.497 e. The molecule has 1 aromatic carbocycles. The summed E-state index contributed by atoms with van der Waals surface area (Å²) in [4.78, 5) is 23.9. The molecule has 0 unspecified atom stereocenters. The Morgan fingerprint density at radius 2 is 1.94 bits per heavy atom. The van der Waals surface area contributed by atoms with Crippen LogP contribution in [0.5, 0.6) is 5.75 Å². The monoisotopic (exact) mass is 495 g/mol. The van der Waals surface area contributed by atoms with E-state index in [1.165, 1.54) is 44.6 Å². The molecule has 10 nitrogen and oxygen atoms in total. The van der Waals surface area contributed by atoms with Crippen molar-refractivity contribution >= 4 is 17.6 Å². The fraction of sp³-hybridized carbons (Fsp3) is 0.130. The first-order chi connectivity index (χ1) is 17.1. The number of aryl methyl sites for hydroxylation is 1. The molecule has 0 aliphatic heterocycles. The van der Waals surface area contributed by atoms with Crippen LogP contribution < -0.4 is 10.1 Å². The molecule has 0 spiro atoms. The van der Waals surface area contributed by atoms with E-state index in [4.69, 9.17) is 4.74 Å². The van der Waals surface area contributed by atoms with E-state index in [0.717, 1.165) is 16.9 Å². The molecule has 4 aromatic rings. The first-order valence-corrected chi connectivity index (χ1v) is 10.1. The van der Waals surface area contributed by atoms with Gasteiger partial charge in [0.05, 0.1) is 24.3 Å². The number of hydrogen-bond acceptors (Lipinski definition) is 8. The number of nitrogens with one attached hydrogen (secondary N) is 1. The van der Waals surface area contributed by atoms with Crippen LogP contribution in [0.3, 0.4) is 0 Å². The molecule has 2 N–H and O–H groups in total. The van der Waals surface area contributed by atoms with Crippen molar-refractivity contribution in [3.05, 3.63) is 71.4 Å². The number of halogens is 3. The zero-order chi connectivity index (χ0) is 26.0. The molecule has 0 amide bonds. The Balaban J connectivity index is 1.87. The normalized spacial score (nSPS) is 11.1. The molecule has 182 valence electrons. The number of anilines is 2. The second-order valence-corrected chi connectivity index (χ2v) is 7.47. The number of aromatic nitrogens is 5. The molecule has 3 heterocycles. The molecule has 3 aromatic heterocycles. The maximum Gasteiger partial charge on any atom is 0.435 e. The lowest BCUT2D eigenvalue weighted by Gasteiger charge is -2.13. The predicted molar refractivity (Wildman–Crippen MR) is 120 cm³/mol. The van der Waals surface area contributed by atoms with Crippen molar-refractivity contribution in [2.24, 2.45) is 0 Å². The smallest absolute Gasteiger partial charge is 0.435 e. The summed E-state index contributed by atoms with van der Waals surface area (Å²) in [6.45, 7) is 1.43. The van der Waals surface area contributed by atoms with Gasteiger partial charge in [-0.25, -0.2) is 14.5 Å². The molecule has 0 aliphatic carbocycles. The summed E-state index contributed by atoms with van der Waals surface area (Å²) in [7, 11) is 1.43. The fourth-order valence-corrected chi connectivity index (χ4v) is 3.31. The largest absolute Gasteiger partial charge is 0.497 e. The molecule has 4 rings (SSSR count). The number of ether oxygens (including phenoxy) is 1. The minimum absolute atomic E-state index is 0.0169. The number of nitrogens with zero attached hydrogens (tertiary/aromatic N) is 6. The van der Waals surface area contributed by atoms with Gasteiger partial charge in [0.15, 0.2) is 11.5 Å². The predicted octanol–water partition coefficient (Wildman–Crippen LogP) is 4.37. The third-order valence-electron chi connectivity index (χ3n) is 4.97. The van der Waals surface area contributed by atoms with Crippen LogP contribution in [-0.4, -0.2) is 42.9 Å². The number of carbonyl (C=O) groups is 1. The second kappa shape index (κ2) is 9.34. The Labute approximate surface area is 201 Å². The van der Waals surface area contributed by atoms with Crippen molar-refractivity contribution in [3.8, 4) is 28.8 Å². The van der Waals surface area contributed by atoms with Gasteiger partial charge in [0, 0.05) is 47.2 Å². The molecule has 0 saturated carbocycles. The Hall–Kier alpha value is -4.99. The zero-order valence-corrected chi connectivity index (χ0v) is 18.7. The number of carboxylic acid groups (broad SMARTS) is 1. The molecule has 0 aliphatic rings. The first kappa shape index (κ1) is 24.1. The molecule has 13 heteroatoms. The highest BCUT2D eigenvalue weighted by Gasteiger charge is 2.35. The zero-order valence-electron chi connectivity index (χ0n) is 18.7. The summed E-state index contributed by atoms with van der Waals surface area (Å²) >= 11 is 0.